The van der Waals surface area contributed by atoms with E-state index in [9.17, 15) is 4.79 Å². The highest BCUT2D eigenvalue weighted by molar-refractivity contribution is 5.86. The number of amides is 2. The van der Waals surface area contributed by atoms with E-state index in [1.165, 1.54) is 19.3 Å². The molecule has 0 saturated heterocycles. The van der Waals surface area contributed by atoms with Gasteiger partial charge in [0.15, 0.2) is 0 Å². The van der Waals surface area contributed by atoms with Gasteiger partial charge in [-0.25, -0.2) is 10.4 Å². The minimum absolute atomic E-state index is 0.442. The van der Waals surface area contributed by atoms with E-state index in [1.807, 2.05) is 54.6 Å². The summed E-state index contributed by atoms with van der Waals surface area (Å²) in [5, 5.41) is 2.92. The maximum Gasteiger partial charge on any atom is 0.326 e. The SMILES string of the molecule is [N-]=[N+]=NC(=O)NNc1ccc(CNNC(=Nc2ccccc2)C2CCCCC2)cc1. The molecule has 30 heavy (non-hydrogen) atoms. The highest BCUT2D eigenvalue weighted by Gasteiger charge is 2.19. The zero-order valence-electron chi connectivity index (χ0n) is 16.7. The molecule has 1 aliphatic rings. The molecule has 0 bridgehead atoms. The summed E-state index contributed by atoms with van der Waals surface area (Å²) in [5.74, 6) is 1.43. The summed E-state index contributed by atoms with van der Waals surface area (Å²) < 4.78 is 0. The van der Waals surface area contributed by atoms with Gasteiger partial charge in [-0.1, -0.05) is 49.6 Å². The maximum atomic E-state index is 11.1. The minimum atomic E-state index is -0.791. The molecule has 0 atom stereocenters. The summed E-state index contributed by atoms with van der Waals surface area (Å²) in [6.07, 6.45) is 6.09. The standard InChI is InChI=1S/C21H26N8O/c22-29-28-21(30)27-25-19-13-11-16(12-14-19)15-23-26-20(17-7-3-1-4-8-17)24-18-9-5-2-6-10-18/h2,5-6,9-14,17,23,25H,1,3-4,7-8,15H2,(H,24,26)(H,27,30). The number of anilines is 1. The predicted octanol–water partition coefficient (Wildman–Crippen LogP) is 4.94. The first-order valence-corrected chi connectivity index (χ1v) is 10.1. The molecule has 1 aliphatic carbocycles. The average molecular weight is 406 g/mol. The second-order valence-corrected chi connectivity index (χ2v) is 7.09. The van der Waals surface area contributed by atoms with Crippen LogP contribution in [0.3, 0.4) is 0 Å². The normalized spacial score (nSPS) is 14.5. The first kappa shape index (κ1) is 21.2. The number of carbonyl (C=O) groups is 1. The molecule has 9 nitrogen and oxygen atoms in total. The van der Waals surface area contributed by atoms with Crippen LogP contribution in [0.5, 0.6) is 0 Å². The molecular weight excluding hydrogens is 380 g/mol. The summed E-state index contributed by atoms with van der Waals surface area (Å²) >= 11 is 0. The number of hydrazine groups is 2. The summed E-state index contributed by atoms with van der Waals surface area (Å²) in [7, 11) is 0. The van der Waals surface area contributed by atoms with Gasteiger partial charge in [0, 0.05) is 22.5 Å². The third-order valence-corrected chi connectivity index (χ3v) is 4.91. The fourth-order valence-electron chi connectivity index (χ4n) is 3.37. The summed E-state index contributed by atoms with van der Waals surface area (Å²) in [6.45, 7) is 0.617. The monoisotopic (exact) mass is 406 g/mol. The molecule has 2 amide bonds. The van der Waals surface area contributed by atoms with Crippen LogP contribution in [0.4, 0.5) is 16.2 Å². The quantitative estimate of drug-likeness (QED) is 0.130. The largest absolute Gasteiger partial charge is 0.326 e. The zero-order valence-corrected chi connectivity index (χ0v) is 16.7. The van der Waals surface area contributed by atoms with Crippen molar-refractivity contribution >= 4 is 23.2 Å². The summed E-state index contributed by atoms with van der Waals surface area (Å²) in [6, 6.07) is 16.7. The number of rotatable bonds is 7. The Balaban J connectivity index is 1.54. The number of nitrogens with one attached hydrogen (secondary N) is 4. The van der Waals surface area contributed by atoms with Gasteiger partial charge in [-0.05, 0) is 48.2 Å². The van der Waals surface area contributed by atoms with E-state index < -0.39 is 6.03 Å². The van der Waals surface area contributed by atoms with Crippen LogP contribution < -0.4 is 21.7 Å². The fourth-order valence-corrected chi connectivity index (χ4v) is 3.37. The molecule has 0 spiro atoms. The van der Waals surface area contributed by atoms with Gasteiger partial charge < -0.3 is 5.43 Å². The van der Waals surface area contributed by atoms with Gasteiger partial charge in [0.05, 0.1) is 11.4 Å². The Morgan fingerprint density at radius 2 is 1.73 bits per heavy atom. The Bertz CT molecular complexity index is 885. The van der Waals surface area contributed by atoms with Crippen molar-refractivity contribution in [2.75, 3.05) is 5.43 Å². The van der Waals surface area contributed by atoms with Gasteiger partial charge in [0.2, 0.25) is 0 Å². The van der Waals surface area contributed by atoms with Crippen molar-refractivity contribution in [1.29, 1.82) is 0 Å². The fraction of sp³-hybridized carbons (Fsp3) is 0.333. The van der Waals surface area contributed by atoms with E-state index in [1.54, 1.807) is 0 Å². The molecule has 2 aromatic carbocycles. The summed E-state index contributed by atoms with van der Waals surface area (Å²) in [5.41, 5.74) is 22.5. The number of azide groups is 1. The molecule has 4 N–H and O–H groups in total. The first-order valence-electron chi connectivity index (χ1n) is 10.1. The van der Waals surface area contributed by atoms with Crippen LogP contribution >= 0.6 is 0 Å². The number of amidine groups is 1. The van der Waals surface area contributed by atoms with Gasteiger partial charge in [-0.3, -0.25) is 15.6 Å². The van der Waals surface area contributed by atoms with Gasteiger partial charge in [-0.2, -0.15) is 0 Å². The van der Waals surface area contributed by atoms with Crippen molar-refractivity contribution in [3.05, 3.63) is 70.6 Å². The van der Waals surface area contributed by atoms with Crippen LogP contribution in [0.15, 0.2) is 64.7 Å². The Morgan fingerprint density at radius 3 is 2.43 bits per heavy atom. The molecule has 0 unspecified atom stereocenters. The lowest BCUT2D eigenvalue weighted by atomic mass is 9.88. The molecule has 2 aromatic rings. The van der Waals surface area contributed by atoms with E-state index in [2.05, 4.69) is 31.7 Å². The first-order chi connectivity index (χ1) is 14.7. The zero-order chi connectivity index (χ0) is 21.0. The van der Waals surface area contributed by atoms with Crippen LogP contribution in [0.2, 0.25) is 0 Å². The van der Waals surface area contributed by atoms with Crippen molar-refractivity contribution in [3.63, 3.8) is 0 Å². The van der Waals surface area contributed by atoms with Gasteiger partial charge >= 0.3 is 6.03 Å². The Hall–Kier alpha value is -3.55. The van der Waals surface area contributed by atoms with E-state index in [0.717, 1.165) is 29.9 Å². The molecule has 0 radical (unpaired) electrons. The predicted molar refractivity (Wildman–Crippen MR) is 118 cm³/mol. The van der Waals surface area contributed by atoms with Crippen LogP contribution in [0.1, 0.15) is 37.7 Å². The van der Waals surface area contributed by atoms with Crippen molar-refractivity contribution in [1.82, 2.24) is 16.3 Å². The van der Waals surface area contributed by atoms with E-state index >= 15 is 0 Å². The Morgan fingerprint density at radius 1 is 1.00 bits per heavy atom. The van der Waals surface area contributed by atoms with Crippen molar-refractivity contribution < 1.29 is 4.79 Å². The molecule has 0 aliphatic heterocycles. The van der Waals surface area contributed by atoms with Crippen LogP contribution in [-0.2, 0) is 6.54 Å². The molecule has 9 heteroatoms. The Labute approximate surface area is 175 Å². The minimum Gasteiger partial charge on any atom is -0.309 e. The van der Waals surface area contributed by atoms with Crippen LogP contribution in [0, 0.1) is 5.92 Å². The topological polar surface area (TPSA) is 126 Å². The Kier molecular flexibility index (Phi) is 8.08. The molecule has 1 fully saturated rings. The number of urea groups is 1. The van der Waals surface area contributed by atoms with E-state index in [0.29, 0.717) is 18.2 Å². The number of para-hydroxylation sites is 1. The number of hydrogen-bond acceptors (Lipinski definition) is 4. The molecular formula is C21H26N8O. The van der Waals surface area contributed by atoms with Crippen molar-refractivity contribution in [3.8, 4) is 0 Å². The number of aliphatic imine (C=N–C) groups is 1. The van der Waals surface area contributed by atoms with Crippen LogP contribution in [0.25, 0.3) is 10.4 Å². The molecule has 0 aromatic heterocycles. The van der Waals surface area contributed by atoms with Gasteiger partial charge in [-0.15, -0.1) is 0 Å². The number of hydrogen-bond donors (Lipinski definition) is 4. The maximum absolute atomic E-state index is 11.1. The van der Waals surface area contributed by atoms with Crippen LogP contribution in [-0.4, -0.2) is 11.9 Å². The lowest BCUT2D eigenvalue weighted by Crippen LogP contribution is -2.41. The second-order valence-electron chi connectivity index (χ2n) is 7.09. The third kappa shape index (κ3) is 6.80. The highest BCUT2D eigenvalue weighted by Crippen LogP contribution is 2.25. The molecule has 3 rings (SSSR count). The van der Waals surface area contributed by atoms with E-state index in [-0.39, 0.29) is 0 Å². The lowest BCUT2D eigenvalue weighted by molar-refractivity contribution is 0.250. The lowest BCUT2D eigenvalue weighted by Gasteiger charge is -2.24. The van der Waals surface area contributed by atoms with Crippen molar-refractivity contribution in [2.45, 2.75) is 38.6 Å². The second kappa shape index (κ2) is 11.5. The third-order valence-electron chi connectivity index (χ3n) is 4.91. The summed E-state index contributed by atoms with van der Waals surface area (Å²) in [4.78, 5) is 18.4. The number of benzene rings is 2. The molecule has 156 valence electrons. The number of carbonyl (C=O) groups excluding carboxylic acids is 1. The smallest absolute Gasteiger partial charge is 0.309 e. The van der Waals surface area contributed by atoms with Gasteiger partial charge in [0.1, 0.15) is 5.84 Å². The van der Waals surface area contributed by atoms with Gasteiger partial charge in [0.25, 0.3) is 0 Å². The molecule has 0 heterocycles. The van der Waals surface area contributed by atoms with E-state index in [4.69, 9.17) is 10.5 Å². The average Bonchev–Trinajstić information content (AvgIpc) is 2.79. The van der Waals surface area contributed by atoms with Crippen molar-refractivity contribution in [2.24, 2.45) is 16.0 Å². The molecule has 1 saturated carbocycles. The highest BCUT2D eigenvalue weighted by atomic mass is 16.2. The number of nitrogens with zero attached hydrogens (tertiary/aromatic N) is 4.